The molecule has 0 heterocycles. The fraction of sp³-hybridized carbons (Fsp3) is 0.235. The molecule has 0 radical (unpaired) electrons. The van der Waals surface area contributed by atoms with E-state index in [0.717, 1.165) is 27.9 Å². The van der Waals surface area contributed by atoms with Crippen LogP contribution in [0.25, 0.3) is 0 Å². The van der Waals surface area contributed by atoms with Crippen molar-refractivity contribution < 1.29 is 4.74 Å². The zero-order valence-electron chi connectivity index (χ0n) is 12.1. The number of methoxy groups -OCH3 is 1. The minimum Gasteiger partial charge on any atom is -0.496 e. The van der Waals surface area contributed by atoms with Gasteiger partial charge in [-0.05, 0) is 43.2 Å². The Kier molecular flexibility index (Phi) is 5.24. The van der Waals surface area contributed by atoms with Crippen molar-refractivity contribution in [2.75, 3.05) is 12.4 Å². The molecule has 0 aliphatic carbocycles. The van der Waals surface area contributed by atoms with Crippen LogP contribution >= 0.6 is 15.9 Å². The third-order valence-electron chi connectivity index (χ3n) is 3.22. The van der Waals surface area contributed by atoms with E-state index in [4.69, 9.17) is 4.74 Å². The van der Waals surface area contributed by atoms with Gasteiger partial charge in [0, 0.05) is 10.5 Å². The zero-order valence-corrected chi connectivity index (χ0v) is 13.6. The fourth-order valence-electron chi connectivity index (χ4n) is 2.25. The van der Waals surface area contributed by atoms with Crippen LogP contribution in [0, 0.1) is 11.3 Å². The minimum absolute atomic E-state index is 0.189. The number of rotatable bonds is 5. The molecular weight excluding hydrogens is 328 g/mol. The molecule has 0 bridgehead atoms. The summed E-state index contributed by atoms with van der Waals surface area (Å²) in [5.74, 6) is 0.891. The van der Waals surface area contributed by atoms with Crippen molar-refractivity contribution in [3.63, 3.8) is 0 Å². The van der Waals surface area contributed by atoms with Crippen molar-refractivity contribution in [3.05, 3.63) is 58.1 Å². The van der Waals surface area contributed by atoms with E-state index in [2.05, 4.69) is 40.3 Å². The minimum atomic E-state index is 0.189. The van der Waals surface area contributed by atoms with Crippen LogP contribution in [0.2, 0.25) is 0 Å². The molecule has 2 rings (SSSR count). The van der Waals surface area contributed by atoms with E-state index in [9.17, 15) is 5.26 Å². The van der Waals surface area contributed by atoms with Gasteiger partial charge in [0.05, 0.1) is 18.4 Å². The number of halogens is 1. The first-order valence-electron chi connectivity index (χ1n) is 6.72. The summed E-state index contributed by atoms with van der Waals surface area (Å²) in [5.41, 5.74) is 2.63. The molecule has 1 unspecified atom stereocenters. The maximum atomic E-state index is 9.20. The van der Waals surface area contributed by atoms with E-state index in [1.165, 1.54) is 0 Å². The molecule has 1 N–H and O–H groups in total. The number of anilines is 1. The molecule has 108 valence electrons. The monoisotopic (exact) mass is 344 g/mol. The highest BCUT2D eigenvalue weighted by Crippen LogP contribution is 2.23. The number of nitriles is 1. The number of benzene rings is 2. The molecule has 0 fully saturated rings. The summed E-state index contributed by atoms with van der Waals surface area (Å²) in [6.07, 6.45) is 0.824. The highest BCUT2D eigenvalue weighted by Gasteiger charge is 2.10. The summed E-state index contributed by atoms with van der Waals surface area (Å²) < 4.78 is 6.28. The molecule has 21 heavy (non-hydrogen) atoms. The second-order valence-corrected chi connectivity index (χ2v) is 5.78. The van der Waals surface area contributed by atoms with Gasteiger partial charge in [-0.25, -0.2) is 0 Å². The molecule has 1 atom stereocenters. The molecule has 0 amide bonds. The second-order valence-electron chi connectivity index (χ2n) is 4.86. The number of nitrogens with zero attached hydrogens (tertiary/aromatic N) is 1. The lowest BCUT2D eigenvalue weighted by molar-refractivity contribution is 0.409. The van der Waals surface area contributed by atoms with E-state index in [1.807, 2.05) is 36.4 Å². The number of hydrogen-bond donors (Lipinski definition) is 1. The molecule has 2 aromatic carbocycles. The Labute approximate surface area is 133 Å². The number of para-hydroxylation sites is 1. The smallest absolute Gasteiger partial charge is 0.122 e. The van der Waals surface area contributed by atoms with Crippen LogP contribution in [0.5, 0.6) is 5.75 Å². The maximum absolute atomic E-state index is 9.20. The van der Waals surface area contributed by atoms with Gasteiger partial charge in [0.15, 0.2) is 0 Å². The van der Waals surface area contributed by atoms with Gasteiger partial charge in [-0.15, -0.1) is 0 Å². The summed E-state index contributed by atoms with van der Waals surface area (Å²) in [5, 5.41) is 12.6. The Hall–Kier alpha value is -1.99. The average molecular weight is 345 g/mol. The van der Waals surface area contributed by atoms with E-state index >= 15 is 0 Å². The number of hydrogen-bond acceptors (Lipinski definition) is 3. The molecule has 0 saturated heterocycles. The van der Waals surface area contributed by atoms with Gasteiger partial charge < -0.3 is 10.1 Å². The molecule has 4 heteroatoms. The van der Waals surface area contributed by atoms with Crippen molar-refractivity contribution in [1.29, 1.82) is 5.26 Å². The molecule has 0 aliphatic heterocycles. The van der Waals surface area contributed by atoms with Gasteiger partial charge in [-0.3, -0.25) is 0 Å². The third-order valence-corrected chi connectivity index (χ3v) is 3.72. The van der Waals surface area contributed by atoms with Crippen LogP contribution in [0.1, 0.15) is 18.1 Å². The van der Waals surface area contributed by atoms with Crippen molar-refractivity contribution >= 4 is 21.6 Å². The summed E-state index contributed by atoms with van der Waals surface area (Å²) in [7, 11) is 1.68. The van der Waals surface area contributed by atoms with Gasteiger partial charge in [0.1, 0.15) is 11.8 Å². The standard InChI is InChI=1S/C17H17BrN2O/c1-12(9-13-5-3-4-6-17(13)21-2)20-16-8-7-15(18)10-14(16)11-19/h3-8,10,12,20H,9H2,1-2H3. The predicted molar refractivity (Wildman–Crippen MR) is 88.6 cm³/mol. The first-order valence-corrected chi connectivity index (χ1v) is 7.51. The maximum Gasteiger partial charge on any atom is 0.122 e. The van der Waals surface area contributed by atoms with Crippen molar-refractivity contribution in [2.24, 2.45) is 0 Å². The zero-order chi connectivity index (χ0) is 15.2. The third kappa shape index (κ3) is 3.99. The van der Waals surface area contributed by atoms with Gasteiger partial charge >= 0.3 is 0 Å². The highest BCUT2D eigenvalue weighted by atomic mass is 79.9. The first kappa shape index (κ1) is 15.4. The summed E-state index contributed by atoms with van der Waals surface area (Å²) in [6.45, 7) is 2.09. The summed E-state index contributed by atoms with van der Waals surface area (Å²) >= 11 is 3.38. The van der Waals surface area contributed by atoms with E-state index in [1.54, 1.807) is 7.11 Å². The van der Waals surface area contributed by atoms with Crippen LogP contribution in [0.4, 0.5) is 5.69 Å². The van der Waals surface area contributed by atoms with Crippen molar-refractivity contribution in [2.45, 2.75) is 19.4 Å². The van der Waals surface area contributed by atoms with Gasteiger partial charge in [-0.2, -0.15) is 5.26 Å². The van der Waals surface area contributed by atoms with Crippen LogP contribution in [-0.2, 0) is 6.42 Å². The van der Waals surface area contributed by atoms with Crippen LogP contribution in [-0.4, -0.2) is 13.2 Å². The molecule has 0 aromatic heterocycles. The van der Waals surface area contributed by atoms with Crippen molar-refractivity contribution in [3.8, 4) is 11.8 Å². The largest absolute Gasteiger partial charge is 0.496 e. The average Bonchev–Trinajstić information content (AvgIpc) is 2.49. The quantitative estimate of drug-likeness (QED) is 0.875. The number of ether oxygens (including phenoxy) is 1. The van der Waals surface area contributed by atoms with Crippen LogP contribution < -0.4 is 10.1 Å². The Balaban J connectivity index is 2.12. The Bertz CT molecular complexity index is 664. The molecule has 0 spiro atoms. The predicted octanol–water partition coefficient (Wildman–Crippen LogP) is 4.37. The SMILES string of the molecule is COc1ccccc1CC(C)Nc1ccc(Br)cc1C#N. The Morgan fingerprint density at radius 3 is 2.76 bits per heavy atom. The molecular formula is C17H17BrN2O. The van der Waals surface area contributed by atoms with E-state index in [-0.39, 0.29) is 6.04 Å². The summed E-state index contributed by atoms with van der Waals surface area (Å²) in [4.78, 5) is 0. The molecule has 0 saturated carbocycles. The second kappa shape index (κ2) is 7.14. The summed E-state index contributed by atoms with van der Waals surface area (Å²) in [6, 6.07) is 16.1. The topological polar surface area (TPSA) is 45.0 Å². The van der Waals surface area contributed by atoms with Gasteiger partial charge in [0.25, 0.3) is 0 Å². The molecule has 3 nitrogen and oxygen atoms in total. The Morgan fingerprint density at radius 2 is 2.05 bits per heavy atom. The fourth-order valence-corrected chi connectivity index (χ4v) is 2.61. The first-order chi connectivity index (χ1) is 10.1. The molecule has 0 aliphatic rings. The van der Waals surface area contributed by atoms with Crippen LogP contribution in [0.3, 0.4) is 0 Å². The van der Waals surface area contributed by atoms with Crippen LogP contribution in [0.15, 0.2) is 46.9 Å². The van der Waals surface area contributed by atoms with Crippen molar-refractivity contribution in [1.82, 2.24) is 0 Å². The van der Waals surface area contributed by atoms with Gasteiger partial charge in [-0.1, -0.05) is 34.1 Å². The lowest BCUT2D eigenvalue weighted by Crippen LogP contribution is -2.19. The lowest BCUT2D eigenvalue weighted by Gasteiger charge is -2.18. The molecule has 2 aromatic rings. The highest BCUT2D eigenvalue weighted by molar-refractivity contribution is 9.10. The van der Waals surface area contributed by atoms with E-state index in [0.29, 0.717) is 5.56 Å². The number of nitrogens with one attached hydrogen (secondary N) is 1. The normalized spacial score (nSPS) is 11.5. The van der Waals surface area contributed by atoms with Gasteiger partial charge in [0.2, 0.25) is 0 Å². The van der Waals surface area contributed by atoms with E-state index < -0.39 is 0 Å². The Morgan fingerprint density at radius 1 is 1.29 bits per heavy atom. The lowest BCUT2D eigenvalue weighted by atomic mass is 10.1.